The lowest BCUT2D eigenvalue weighted by molar-refractivity contribution is -0.137. The van der Waals surface area contributed by atoms with Crippen LogP contribution in [0.1, 0.15) is 22.8 Å². The highest BCUT2D eigenvalue weighted by Crippen LogP contribution is 2.34. The van der Waals surface area contributed by atoms with Crippen molar-refractivity contribution in [2.75, 3.05) is 11.9 Å². The summed E-state index contributed by atoms with van der Waals surface area (Å²) in [5, 5.41) is 2.84. The van der Waals surface area contributed by atoms with Crippen molar-refractivity contribution in [2.45, 2.75) is 13.1 Å². The van der Waals surface area contributed by atoms with Crippen LogP contribution in [0.3, 0.4) is 0 Å². The summed E-state index contributed by atoms with van der Waals surface area (Å²) in [5.41, 5.74) is -0.0193. The average Bonchev–Trinajstić information content (AvgIpc) is 2.96. The minimum atomic E-state index is -4.42. The quantitative estimate of drug-likeness (QED) is 0.710. The molecule has 0 saturated carbocycles. The fourth-order valence-corrected chi connectivity index (χ4v) is 3.15. The van der Waals surface area contributed by atoms with Gasteiger partial charge in [0.05, 0.1) is 28.0 Å². The molecule has 0 spiro atoms. The van der Waals surface area contributed by atoms with Gasteiger partial charge in [0.25, 0.3) is 5.91 Å². The number of carbonyl (C=O) groups is 1. The standard InChI is InChI=1S/C17H13F3N2O2S/c1-2-24-13-6-4-3-5-11(13)15(23)22-16-21-12-8-7-10(17(18,19)20)9-14(12)25-16/h3-9H,2H2,1H3,(H,21,22,23). The number of ether oxygens (including phenoxy) is 1. The van der Waals surface area contributed by atoms with Crippen LogP contribution in [-0.4, -0.2) is 17.5 Å². The van der Waals surface area contributed by atoms with E-state index in [1.807, 2.05) is 0 Å². The number of anilines is 1. The summed E-state index contributed by atoms with van der Waals surface area (Å²) in [6.45, 7) is 2.21. The Morgan fingerprint density at radius 3 is 2.72 bits per heavy atom. The first-order valence-corrected chi connectivity index (χ1v) is 8.21. The lowest BCUT2D eigenvalue weighted by Gasteiger charge is -2.08. The fourth-order valence-electron chi connectivity index (χ4n) is 2.25. The molecule has 1 N–H and O–H groups in total. The van der Waals surface area contributed by atoms with E-state index in [0.717, 1.165) is 23.5 Å². The van der Waals surface area contributed by atoms with E-state index in [9.17, 15) is 18.0 Å². The molecule has 25 heavy (non-hydrogen) atoms. The summed E-state index contributed by atoms with van der Waals surface area (Å²) in [7, 11) is 0. The van der Waals surface area contributed by atoms with Crippen LogP contribution in [0.15, 0.2) is 42.5 Å². The van der Waals surface area contributed by atoms with Gasteiger partial charge in [-0.2, -0.15) is 13.2 Å². The van der Waals surface area contributed by atoms with Crippen molar-refractivity contribution < 1.29 is 22.7 Å². The van der Waals surface area contributed by atoms with Crippen molar-refractivity contribution >= 4 is 32.6 Å². The smallest absolute Gasteiger partial charge is 0.416 e. The van der Waals surface area contributed by atoms with Crippen molar-refractivity contribution in [3.8, 4) is 5.75 Å². The number of rotatable bonds is 4. The normalized spacial score (nSPS) is 11.5. The van der Waals surface area contributed by atoms with Crippen LogP contribution in [-0.2, 0) is 6.18 Å². The number of benzene rings is 2. The average molecular weight is 366 g/mol. The highest BCUT2D eigenvalue weighted by atomic mass is 32.1. The maximum absolute atomic E-state index is 12.8. The Labute approximate surface area is 145 Å². The molecule has 0 bridgehead atoms. The zero-order valence-electron chi connectivity index (χ0n) is 13.1. The number of nitrogens with zero attached hydrogens (tertiary/aromatic N) is 1. The van der Waals surface area contributed by atoms with E-state index in [-0.39, 0.29) is 5.13 Å². The predicted octanol–water partition coefficient (Wildman–Crippen LogP) is 4.97. The third-order valence-electron chi connectivity index (χ3n) is 3.37. The highest BCUT2D eigenvalue weighted by molar-refractivity contribution is 7.22. The molecule has 3 rings (SSSR count). The molecule has 0 saturated heterocycles. The summed E-state index contributed by atoms with van der Waals surface area (Å²) in [6.07, 6.45) is -4.42. The van der Waals surface area contributed by atoms with Gasteiger partial charge in [0.2, 0.25) is 0 Å². The van der Waals surface area contributed by atoms with Crippen molar-refractivity contribution in [3.05, 3.63) is 53.6 Å². The van der Waals surface area contributed by atoms with Gasteiger partial charge >= 0.3 is 6.18 Å². The number of fused-ring (bicyclic) bond motifs is 1. The summed E-state index contributed by atoms with van der Waals surface area (Å²) in [4.78, 5) is 16.6. The summed E-state index contributed by atoms with van der Waals surface area (Å²) in [5.74, 6) is 0.00196. The zero-order chi connectivity index (χ0) is 18.0. The van der Waals surface area contributed by atoms with Crippen molar-refractivity contribution in [1.29, 1.82) is 0 Å². The van der Waals surface area contributed by atoms with Gasteiger partial charge in [0.15, 0.2) is 5.13 Å². The van der Waals surface area contributed by atoms with E-state index in [2.05, 4.69) is 10.3 Å². The molecule has 1 amide bonds. The summed E-state index contributed by atoms with van der Waals surface area (Å²) >= 11 is 0.986. The second-order valence-corrected chi connectivity index (χ2v) is 6.11. The van der Waals surface area contributed by atoms with Crippen LogP contribution in [0.25, 0.3) is 10.2 Å². The van der Waals surface area contributed by atoms with Gasteiger partial charge in [-0.25, -0.2) is 4.98 Å². The summed E-state index contributed by atoms with van der Waals surface area (Å²) < 4.78 is 44.1. The molecule has 0 radical (unpaired) electrons. The molecule has 0 fully saturated rings. The molecule has 0 aliphatic heterocycles. The molecule has 2 aromatic carbocycles. The Hall–Kier alpha value is -2.61. The first kappa shape index (κ1) is 17.2. The summed E-state index contributed by atoms with van der Waals surface area (Å²) in [6, 6.07) is 10.0. The number of halogens is 3. The number of aromatic nitrogens is 1. The monoisotopic (exact) mass is 366 g/mol. The van der Waals surface area contributed by atoms with Gasteiger partial charge in [-0.05, 0) is 37.3 Å². The Morgan fingerprint density at radius 1 is 1.24 bits per heavy atom. The SMILES string of the molecule is CCOc1ccccc1C(=O)Nc1nc2ccc(C(F)(F)F)cc2s1. The topological polar surface area (TPSA) is 51.2 Å². The number of alkyl halides is 3. The third kappa shape index (κ3) is 3.74. The first-order valence-electron chi connectivity index (χ1n) is 7.39. The second kappa shape index (κ2) is 6.72. The minimum Gasteiger partial charge on any atom is -0.493 e. The fraction of sp³-hybridized carbons (Fsp3) is 0.176. The molecular weight excluding hydrogens is 353 g/mol. The van der Waals surface area contributed by atoms with Gasteiger partial charge in [-0.3, -0.25) is 10.1 Å². The Bertz CT molecular complexity index is 922. The van der Waals surface area contributed by atoms with Crippen LogP contribution in [0, 0.1) is 0 Å². The maximum Gasteiger partial charge on any atom is 0.416 e. The Morgan fingerprint density at radius 2 is 2.00 bits per heavy atom. The molecule has 0 atom stereocenters. The van der Waals surface area contributed by atoms with Gasteiger partial charge in [0, 0.05) is 0 Å². The molecule has 1 heterocycles. The van der Waals surface area contributed by atoms with Crippen LogP contribution >= 0.6 is 11.3 Å². The molecule has 0 unspecified atom stereocenters. The largest absolute Gasteiger partial charge is 0.493 e. The molecule has 0 aliphatic rings. The van der Waals surface area contributed by atoms with Crippen molar-refractivity contribution in [3.63, 3.8) is 0 Å². The number of hydrogen-bond donors (Lipinski definition) is 1. The van der Waals surface area contributed by atoms with E-state index < -0.39 is 17.6 Å². The van der Waals surface area contributed by atoms with Gasteiger partial charge < -0.3 is 4.74 Å². The number of carbonyl (C=O) groups excluding carboxylic acids is 1. The first-order chi connectivity index (χ1) is 11.9. The number of thiazole rings is 1. The Balaban J connectivity index is 1.87. The van der Waals surface area contributed by atoms with E-state index in [0.29, 0.717) is 28.1 Å². The molecule has 8 heteroatoms. The lowest BCUT2D eigenvalue weighted by atomic mass is 10.2. The van der Waals surface area contributed by atoms with E-state index in [4.69, 9.17) is 4.74 Å². The van der Waals surface area contributed by atoms with E-state index in [1.54, 1.807) is 31.2 Å². The van der Waals surface area contributed by atoms with Gasteiger partial charge in [-0.1, -0.05) is 23.5 Å². The van der Waals surface area contributed by atoms with Crippen molar-refractivity contribution in [1.82, 2.24) is 4.98 Å². The molecule has 4 nitrogen and oxygen atoms in total. The van der Waals surface area contributed by atoms with Crippen molar-refractivity contribution in [2.24, 2.45) is 0 Å². The van der Waals surface area contributed by atoms with Gasteiger partial charge in [0.1, 0.15) is 5.75 Å². The highest BCUT2D eigenvalue weighted by Gasteiger charge is 2.30. The molecular formula is C17H13F3N2O2S. The number of amides is 1. The van der Waals surface area contributed by atoms with E-state index >= 15 is 0 Å². The maximum atomic E-state index is 12.8. The van der Waals surface area contributed by atoms with Crippen LogP contribution in [0.4, 0.5) is 18.3 Å². The minimum absolute atomic E-state index is 0.227. The van der Waals surface area contributed by atoms with Crippen LogP contribution in [0.5, 0.6) is 5.75 Å². The predicted molar refractivity (Wildman–Crippen MR) is 90.2 cm³/mol. The van der Waals surface area contributed by atoms with Crippen LogP contribution in [0.2, 0.25) is 0 Å². The van der Waals surface area contributed by atoms with E-state index in [1.165, 1.54) is 6.07 Å². The number of nitrogens with one attached hydrogen (secondary N) is 1. The zero-order valence-corrected chi connectivity index (χ0v) is 13.9. The van der Waals surface area contributed by atoms with Crippen LogP contribution < -0.4 is 10.1 Å². The Kier molecular flexibility index (Phi) is 4.63. The molecule has 3 aromatic rings. The number of hydrogen-bond acceptors (Lipinski definition) is 4. The number of para-hydroxylation sites is 1. The third-order valence-corrected chi connectivity index (χ3v) is 4.30. The molecule has 0 aliphatic carbocycles. The van der Waals surface area contributed by atoms with Gasteiger partial charge in [-0.15, -0.1) is 0 Å². The lowest BCUT2D eigenvalue weighted by Crippen LogP contribution is -2.13. The molecule has 130 valence electrons. The molecule has 1 aromatic heterocycles. The second-order valence-electron chi connectivity index (χ2n) is 5.08.